The van der Waals surface area contributed by atoms with Crippen LogP contribution in [0, 0.1) is 5.92 Å². The van der Waals surface area contributed by atoms with E-state index in [0.717, 1.165) is 12.8 Å². The molecule has 0 aromatic rings. The zero-order valence-electron chi connectivity index (χ0n) is 7.08. The van der Waals surface area contributed by atoms with Crippen molar-refractivity contribution in [3.05, 3.63) is 0 Å². The first-order valence-electron chi connectivity index (χ1n) is 4.42. The van der Waals surface area contributed by atoms with Gasteiger partial charge in [-0.2, -0.15) is 0 Å². The number of carboxylic acid groups (broad SMARTS) is 1. The van der Waals surface area contributed by atoms with E-state index in [4.69, 9.17) is 5.11 Å². The second-order valence-electron chi connectivity index (χ2n) is 3.43. The Bertz CT molecular complexity index is 186. The molecule has 0 unspecified atom stereocenters. The van der Waals surface area contributed by atoms with Gasteiger partial charge in [0.15, 0.2) is 0 Å². The number of carbonyl (C=O) groups excluding carboxylic acids is 1. The molecule has 1 aliphatic carbocycles. The Morgan fingerprint density at radius 2 is 2.33 bits per heavy atom. The van der Waals surface area contributed by atoms with Crippen LogP contribution in [0.15, 0.2) is 0 Å². The van der Waals surface area contributed by atoms with Crippen molar-refractivity contribution >= 4 is 11.8 Å². The monoisotopic (exact) mass is 170 g/mol. The molecule has 3 nitrogen and oxygen atoms in total. The highest BCUT2D eigenvalue weighted by molar-refractivity contribution is 5.79. The van der Waals surface area contributed by atoms with Crippen molar-refractivity contribution in [2.24, 2.45) is 5.92 Å². The molecular formula is C9H14O3. The van der Waals surface area contributed by atoms with E-state index >= 15 is 0 Å². The van der Waals surface area contributed by atoms with Crippen molar-refractivity contribution in [2.45, 2.75) is 38.5 Å². The molecule has 0 spiro atoms. The second kappa shape index (κ2) is 4.24. The van der Waals surface area contributed by atoms with Crippen molar-refractivity contribution in [3.63, 3.8) is 0 Å². The Morgan fingerprint density at radius 1 is 1.58 bits per heavy atom. The number of carboxylic acids is 1. The maximum atomic E-state index is 11.0. The molecule has 3 heteroatoms. The van der Waals surface area contributed by atoms with Gasteiger partial charge < -0.3 is 5.11 Å². The summed E-state index contributed by atoms with van der Waals surface area (Å²) in [5.41, 5.74) is 0. The van der Waals surface area contributed by atoms with E-state index < -0.39 is 5.97 Å². The van der Waals surface area contributed by atoms with Crippen LogP contribution in [0.4, 0.5) is 0 Å². The number of aliphatic carboxylic acids is 1. The third kappa shape index (κ3) is 3.03. The van der Waals surface area contributed by atoms with Crippen molar-refractivity contribution in [1.82, 2.24) is 0 Å². The van der Waals surface area contributed by atoms with Crippen molar-refractivity contribution in [1.29, 1.82) is 0 Å². The minimum atomic E-state index is -0.756. The van der Waals surface area contributed by atoms with Gasteiger partial charge in [-0.05, 0) is 25.2 Å². The molecule has 1 saturated carbocycles. The Kier molecular flexibility index (Phi) is 3.26. The van der Waals surface area contributed by atoms with E-state index in [2.05, 4.69) is 0 Å². The summed E-state index contributed by atoms with van der Waals surface area (Å²) in [6.07, 6.45) is 4.15. The summed E-state index contributed by atoms with van der Waals surface area (Å²) in [5.74, 6) is -0.119. The molecule has 0 radical (unpaired) electrons. The van der Waals surface area contributed by atoms with Crippen molar-refractivity contribution in [3.8, 4) is 0 Å². The van der Waals surface area contributed by atoms with Gasteiger partial charge in [0.1, 0.15) is 5.78 Å². The molecule has 68 valence electrons. The van der Waals surface area contributed by atoms with Crippen LogP contribution in [0.3, 0.4) is 0 Å². The van der Waals surface area contributed by atoms with Gasteiger partial charge in [0.05, 0.1) is 0 Å². The van der Waals surface area contributed by atoms with E-state index in [9.17, 15) is 9.59 Å². The van der Waals surface area contributed by atoms with Gasteiger partial charge in [0.25, 0.3) is 0 Å². The van der Waals surface area contributed by atoms with Crippen LogP contribution in [0.25, 0.3) is 0 Å². The number of hydrogen-bond donors (Lipinski definition) is 1. The Balaban J connectivity index is 2.23. The van der Waals surface area contributed by atoms with E-state index in [1.165, 1.54) is 0 Å². The zero-order chi connectivity index (χ0) is 8.97. The van der Waals surface area contributed by atoms with Gasteiger partial charge in [-0.1, -0.05) is 0 Å². The summed E-state index contributed by atoms with van der Waals surface area (Å²) in [4.78, 5) is 21.2. The molecule has 0 aliphatic heterocycles. The van der Waals surface area contributed by atoms with E-state index in [-0.39, 0.29) is 6.42 Å². The van der Waals surface area contributed by atoms with Gasteiger partial charge in [-0.15, -0.1) is 0 Å². The minimum Gasteiger partial charge on any atom is -0.481 e. The van der Waals surface area contributed by atoms with E-state index in [1.54, 1.807) is 0 Å². The molecule has 1 rings (SSSR count). The average molecular weight is 170 g/mol. The van der Waals surface area contributed by atoms with Gasteiger partial charge in [0, 0.05) is 19.3 Å². The summed E-state index contributed by atoms with van der Waals surface area (Å²) < 4.78 is 0. The van der Waals surface area contributed by atoms with Crippen LogP contribution in [0.1, 0.15) is 38.5 Å². The Hall–Kier alpha value is -0.860. The van der Waals surface area contributed by atoms with Crippen LogP contribution in [0.2, 0.25) is 0 Å². The van der Waals surface area contributed by atoms with Crippen LogP contribution in [-0.4, -0.2) is 16.9 Å². The third-order valence-electron chi connectivity index (χ3n) is 2.35. The largest absolute Gasteiger partial charge is 0.481 e. The van der Waals surface area contributed by atoms with E-state index in [1.807, 2.05) is 0 Å². The maximum absolute atomic E-state index is 11.0. The summed E-state index contributed by atoms with van der Waals surface area (Å²) >= 11 is 0. The first-order chi connectivity index (χ1) is 5.68. The fraction of sp³-hybridized carbons (Fsp3) is 0.778. The topological polar surface area (TPSA) is 54.4 Å². The molecule has 0 aromatic carbocycles. The summed E-state index contributed by atoms with van der Waals surface area (Å²) in [7, 11) is 0. The standard InChI is InChI=1S/C9H14O3/c10-8-3-1-2-7(6-8)4-5-9(11)12/h7H,1-6H2,(H,11,12)/t7-/m1/s1. The quantitative estimate of drug-likeness (QED) is 0.700. The van der Waals surface area contributed by atoms with Crippen LogP contribution in [-0.2, 0) is 9.59 Å². The normalized spacial score (nSPS) is 24.0. The lowest BCUT2D eigenvalue weighted by Gasteiger charge is -2.19. The van der Waals surface area contributed by atoms with Crippen LogP contribution >= 0.6 is 0 Å². The van der Waals surface area contributed by atoms with Gasteiger partial charge in [-0.3, -0.25) is 9.59 Å². The Labute approximate surface area is 71.8 Å². The fourth-order valence-corrected chi connectivity index (χ4v) is 1.69. The van der Waals surface area contributed by atoms with Crippen LogP contribution in [0.5, 0.6) is 0 Å². The smallest absolute Gasteiger partial charge is 0.303 e. The molecule has 1 atom stereocenters. The maximum Gasteiger partial charge on any atom is 0.303 e. The summed E-state index contributed by atoms with van der Waals surface area (Å²) in [6.45, 7) is 0. The third-order valence-corrected chi connectivity index (χ3v) is 2.35. The Morgan fingerprint density at radius 3 is 2.92 bits per heavy atom. The molecule has 0 amide bonds. The van der Waals surface area contributed by atoms with Crippen molar-refractivity contribution in [2.75, 3.05) is 0 Å². The highest BCUT2D eigenvalue weighted by Crippen LogP contribution is 2.24. The first kappa shape index (κ1) is 9.23. The van der Waals surface area contributed by atoms with Gasteiger partial charge in [-0.25, -0.2) is 0 Å². The molecule has 0 bridgehead atoms. The molecule has 1 aliphatic rings. The molecule has 1 fully saturated rings. The van der Waals surface area contributed by atoms with Gasteiger partial charge >= 0.3 is 5.97 Å². The van der Waals surface area contributed by atoms with Gasteiger partial charge in [0.2, 0.25) is 0 Å². The van der Waals surface area contributed by atoms with Crippen LogP contribution < -0.4 is 0 Å². The molecule has 0 aromatic heterocycles. The number of rotatable bonds is 3. The summed E-state index contributed by atoms with van der Waals surface area (Å²) in [6, 6.07) is 0. The number of carbonyl (C=O) groups is 2. The SMILES string of the molecule is O=C(O)CC[C@H]1CCCC(=O)C1. The van der Waals surface area contributed by atoms with Crippen molar-refractivity contribution < 1.29 is 14.7 Å². The second-order valence-corrected chi connectivity index (χ2v) is 3.43. The van der Waals surface area contributed by atoms with E-state index in [0.29, 0.717) is 31.0 Å². The number of hydrogen-bond acceptors (Lipinski definition) is 2. The predicted octanol–water partition coefficient (Wildman–Crippen LogP) is 1.61. The minimum absolute atomic E-state index is 0.206. The molecule has 0 heterocycles. The predicted molar refractivity (Wildman–Crippen MR) is 43.8 cm³/mol. The number of Topliss-reactive ketones (excluding diaryl/α,β-unsaturated/α-hetero) is 1. The highest BCUT2D eigenvalue weighted by Gasteiger charge is 2.19. The molecule has 0 saturated heterocycles. The zero-order valence-corrected chi connectivity index (χ0v) is 7.08. The molecule has 1 N–H and O–H groups in total. The molecule has 12 heavy (non-hydrogen) atoms. The summed E-state index contributed by atoms with van der Waals surface area (Å²) in [5, 5.41) is 8.43. The average Bonchev–Trinajstić information content (AvgIpc) is 2.01. The fourth-order valence-electron chi connectivity index (χ4n) is 1.69. The lowest BCUT2D eigenvalue weighted by atomic mass is 9.85. The molecular weight excluding hydrogens is 156 g/mol. The lowest BCUT2D eigenvalue weighted by molar-refractivity contribution is -0.137. The number of ketones is 1. The lowest BCUT2D eigenvalue weighted by Crippen LogP contribution is -2.15. The first-order valence-corrected chi connectivity index (χ1v) is 4.42. The highest BCUT2D eigenvalue weighted by atomic mass is 16.4.